The Morgan fingerprint density at radius 1 is 1.21 bits per heavy atom. The maximum absolute atomic E-state index is 11.9. The van der Waals surface area contributed by atoms with Crippen molar-refractivity contribution < 1.29 is 9.90 Å². The smallest absolute Gasteiger partial charge is 0.220 e. The lowest BCUT2D eigenvalue weighted by Gasteiger charge is -2.13. The lowest BCUT2D eigenvalue weighted by molar-refractivity contribution is -0.121. The molecular weight excluding hydrogens is 350 g/mol. The molecule has 0 saturated heterocycles. The van der Waals surface area contributed by atoms with Gasteiger partial charge in [0.1, 0.15) is 5.82 Å². The van der Waals surface area contributed by atoms with E-state index in [0.29, 0.717) is 25.8 Å². The molecule has 0 radical (unpaired) electrons. The van der Waals surface area contributed by atoms with Gasteiger partial charge in [-0.25, -0.2) is 4.98 Å². The molecule has 0 aliphatic rings. The zero-order valence-electron chi connectivity index (χ0n) is 16.9. The molecule has 0 spiro atoms. The zero-order chi connectivity index (χ0) is 20.1. The average molecular weight is 380 g/mol. The number of hydrogen-bond donors (Lipinski definition) is 2. The molecule has 2 aromatic carbocycles. The van der Waals surface area contributed by atoms with Crippen LogP contribution in [0.4, 0.5) is 0 Å². The molecule has 28 heavy (non-hydrogen) atoms. The second kappa shape index (κ2) is 9.02. The molecule has 1 amide bonds. The van der Waals surface area contributed by atoms with Gasteiger partial charge in [-0.1, -0.05) is 35.9 Å². The van der Waals surface area contributed by atoms with Gasteiger partial charge in [-0.15, -0.1) is 0 Å². The van der Waals surface area contributed by atoms with Gasteiger partial charge in [0.25, 0.3) is 0 Å². The second-order valence-electron chi connectivity index (χ2n) is 7.52. The SMILES string of the molecule is Cc1ccc(C)c(Cn2c(CCNC(=O)CC[C@H](C)O)nc3ccccc32)c1. The maximum atomic E-state index is 11.9. The Kier molecular flexibility index (Phi) is 6.47. The number of aryl methyl sites for hydroxylation is 2. The van der Waals surface area contributed by atoms with Gasteiger partial charge in [-0.3, -0.25) is 4.79 Å². The first-order valence-corrected chi connectivity index (χ1v) is 9.89. The third kappa shape index (κ3) is 4.98. The summed E-state index contributed by atoms with van der Waals surface area (Å²) in [4.78, 5) is 16.7. The van der Waals surface area contributed by atoms with Gasteiger partial charge in [-0.05, 0) is 50.5 Å². The fourth-order valence-electron chi connectivity index (χ4n) is 3.38. The minimum absolute atomic E-state index is 0.0295. The highest BCUT2D eigenvalue weighted by Gasteiger charge is 2.12. The van der Waals surface area contributed by atoms with Crippen molar-refractivity contribution in [1.29, 1.82) is 0 Å². The first kappa shape index (κ1) is 20.1. The van der Waals surface area contributed by atoms with E-state index in [1.54, 1.807) is 6.92 Å². The fourth-order valence-corrected chi connectivity index (χ4v) is 3.38. The standard InChI is InChI=1S/C23H29N3O2/c1-16-8-9-17(2)19(14-16)15-26-21-7-5-4-6-20(21)25-22(26)12-13-24-23(28)11-10-18(3)27/h4-9,14,18,27H,10-13,15H2,1-3H3,(H,24,28)/t18-/m0/s1. The predicted octanol–water partition coefficient (Wildman–Crippen LogP) is 3.52. The van der Waals surface area contributed by atoms with Crippen LogP contribution in [-0.2, 0) is 17.8 Å². The van der Waals surface area contributed by atoms with E-state index < -0.39 is 6.10 Å². The number of nitrogens with one attached hydrogen (secondary N) is 1. The summed E-state index contributed by atoms with van der Waals surface area (Å²) in [5.74, 6) is 0.941. The monoisotopic (exact) mass is 379 g/mol. The molecule has 0 bridgehead atoms. The number of nitrogens with zero attached hydrogens (tertiary/aromatic N) is 2. The number of aromatic nitrogens is 2. The molecule has 3 rings (SSSR count). The van der Waals surface area contributed by atoms with Gasteiger partial charge >= 0.3 is 0 Å². The van der Waals surface area contributed by atoms with Crippen molar-refractivity contribution in [2.24, 2.45) is 0 Å². The van der Waals surface area contributed by atoms with Crippen LogP contribution in [-0.4, -0.2) is 33.2 Å². The minimum Gasteiger partial charge on any atom is -0.393 e. The number of carbonyl (C=O) groups is 1. The number of rotatable bonds is 8. The van der Waals surface area contributed by atoms with Crippen LogP contribution in [0.2, 0.25) is 0 Å². The number of para-hydroxylation sites is 2. The van der Waals surface area contributed by atoms with E-state index in [-0.39, 0.29) is 5.91 Å². The summed E-state index contributed by atoms with van der Waals surface area (Å²) in [6, 6.07) is 14.7. The molecule has 0 fully saturated rings. The van der Waals surface area contributed by atoms with E-state index >= 15 is 0 Å². The maximum Gasteiger partial charge on any atom is 0.220 e. The van der Waals surface area contributed by atoms with Gasteiger partial charge in [0.15, 0.2) is 0 Å². The highest BCUT2D eigenvalue weighted by molar-refractivity contribution is 5.77. The van der Waals surface area contributed by atoms with Crippen LogP contribution in [0, 0.1) is 13.8 Å². The Bertz CT molecular complexity index is 960. The van der Waals surface area contributed by atoms with Crippen LogP contribution in [0.25, 0.3) is 11.0 Å². The molecule has 0 aliphatic carbocycles. The normalized spacial score (nSPS) is 12.3. The molecule has 3 aromatic rings. The lowest BCUT2D eigenvalue weighted by Crippen LogP contribution is -2.27. The summed E-state index contributed by atoms with van der Waals surface area (Å²) >= 11 is 0. The summed E-state index contributed by atoms with van der Waals surface area (Å²) in [5.41, 5.74) is 5.88. The van der Waals surface area contributed by atoms with Gasteiger partial charge in [-0.2, -0.15) is 0 Å². The van der Waals surface area contributed by atoms with Gasteiger partial charge in [0, 0.05) is 25.9 Å². The van der Waals surface area contributed by atoms with Crippen LogP contribution in [0.15, 0.2) is 42.5 Å². The Balaban J connectivity index is 1.77. The topological polar surface area (TPSA) is 67.2 Å². The van der Waals surface area contributed by atoms with Crippen LogP contribution >= 0.6 is 0 Å². The first-order chi connectivity index (χ1) is 13.4. The second-order valence-corrected chi connectivity index (χ2v) is 7.52. The molecule has 5 heteroatoms. The van der Waals surface area contributed by atoms with Crippen molar-refractivity contribution in [2.45, 2.75) is 52.7 Å². The Morgan fingerprint density at radius 3 is 2.79 bits per heavy atom. The highest BCUT2D eigenvalue weighted by atomic mass is 16.3. The molecule has 1 heterocycles. The summed E-state index contributed by atoms with van der Waals surface area (Å²) < 4.78 is 2.25. The van der Waals surface area contributed by atoms with Crippen LogP contribution in [0.1, 0.15) is 42.3 Å². The van der Waals surface area contributed by atoms with Crippen LogP contribution < -0.4 is 5.32 Å². The number of benzene rings is 2. The van der Waals surface area contributed by atoms with Gasteiger partial charge in [0.05, 0.1) is 17.1 Å². The first-order valence-electron chi connectivity index (χ1n) is 9.89. The minimum atomic E-state index is -0.451. The number of fused-ring (bicyclic) bond motifs is 1. The summed E-state index contributed by atoms with van der Waals surface area (Å²) in [7, 11) is 0. The fraction of sp³-hybridized carbons (Fsp3) is 0.391. The number of aliphatic hydroxyl groups is 1. The van der Waals surface area contributed by atoms with Crippen molar-refractivity contribution in [2.75, 3.05) is 6.54 Å². The molecule has 0 unspecified atom stereocenters. The largest absolute Gasteiger partial charge is 0.393 e. The number of imidazole rings is 1. The number of aliphatic hydroxyl groups excluding tert-OH is 1. The Hall–Kier alpha value is -2.66. The molecule has 0 saturated carbocycles. The molecule has 5 nitrogen and oxygen atoms in total. The Morgan fingerprint density at radius 2 is 2.00 bits per heavy atom. The van der Waals surface area contributed by atoms with Crippen molar-refractivity contribution in [3.63, 3.8) is 0 Å². The average Bonchev–Trinajstić information content (AvgIpc) is 3.00. The van der Waals surface area contributed by atoms with Crippen molar-refractivity contribution in [1.82, 2.24) is 14.9 Å². The molecule has 148 valence electrons. The van der Waals surface area contributed by atoms with Crippen molar-refractivity contribution in [3.8, 4) is 0 Å². The third-order valence-electron chi connectivity index (χ3n) is 5.03. The number of amides is 1. The molecule has 2 N–H and O–H groups in total. The third-order valence-corrected chi connectivity index (χ3v) is 5.03. The van der Waals surface area contributed by atoms with E-state index in [0.717, 1.165) is 23.4 Å². The Labute approximate surface area is 166 Å². The van der Waals surface area contributed by atoms with E-state index in [2.05, 4.69) is 48.0 Å². The summed E-state index contributed by atoms with van der Waals surface area (Å²) in [5, 5.41) is 12.2. The van der Waals surface area contributed by atoms with Crippen LogP contribution in [0.5, 0.6) is 0 Å². The zero-order valence-corrected chi connectivity index (χ0v) is 16.9. The van der Waals surface area contributed by atoms with Crippen LogP contribution in [0.3, 0.4) is 0 Å². The van der Waals surface area contributed by atoms with E-state index in [9.17, 15) is 9.90 Å². The number of carbonyl (C=O) groups excluding carboxylic acids is 1. The summed E-state index contributed by atoms with van der Waals surface area (Å²) in [6.45, 7) is 7.24. The van der Waals surface area contributed by atoms with Crippen molar-refractivity contribution in [3.05, 3.63) is 65.0 Å². The quantitative estimate of drug-likeness (QED) is 0.629. The summed E-state index contributed by atoms with van der Waals surface area (Å²) in [6.07, 6.45) is 1.04. The van der Waals surface area contributed by atoms with Gasteiger partial charge in [0.2, 0.25) is 5.91 Å². The number of hydrogen-bond acceptors (Lipinski definition) is 3. The highest BCUT2D eigenvalue weighted by Crippen LogP contribution is 2.20. The lowest BCUT2D eigenvalue weighted by atomic mass is 10.1. The molecule has 1 atom stereocenters. The molecular formula is C23H29N3O2. The predicted molar refractivity (Wildman–Crippen MR) is 112 cm³/mol. The van der Waals surface area contributed by atoms with Crippen molar-refractivity contribution >= 4 is 16.9 Å². The van der Waals surface area contributed by atoms with Gasteiger partial charge < -0.3 is 15.0 Å². The van der Waals surface area contributed by atoms with E-state index in [1.807, 2.05) is 18.2 Å². The van der Waals surface area contributed by atoms with E-state index in [1.165, 1.54) is 16.7 Å². The molecule has 1 aromatic heterocycles. The van der Waals surface area contributed by atoms with E-state index in [4.69, 9.17) is 4.98 Å². The molecule has 0 aliphatic heterocycles.